The Morgan fingerprint density at radius 3 is 2.65 bits per heavy atom. The summed E-state index contributed by atoms with van der Waals surface area (Å²) in [5.74, 6) is 5.23. The van der Waals surface area contributed by atoms with Crippen LogP contribution in [0.1, 0.15) is 51.6 Å². The third-order valence-corrected chi connectivity index (χ3v) is 4.06. The van der Waals surface area contributed by atoms with Crippen LogP contribution in [0, 0.1) is 17.8 Å². The Kier molecular flexibility index (Phi) is 3.93. The summed E-state index contributed by atoms with van der Waals surface area (Å²) in [6, 6.07) is 4.27. The second-order valence-corrected chi connectivity index (χ2v) is 5.98. The first-order valence-electron chi connectivity index (χ1n) is 6.87. The van der Waals surface area contributed by atoms with Gasteiger partial charge in [0.25, 0.3) is 0 Å². The van der Waals surface area contributed by atoms with Gasteiger partial charge >= 0.3 is 0 Å². The fraction of sp³-hybridized carbons (Fsp3) is 0.733. The van der Waals surface area contributed by atoms with Gasteiger partial charge in [0.15, 0.2) is 0 Å². The van der Waals surface area contributed by atoms with Crippen LogP contribution in [0.15, 0.2) is 16.5 Å². The van der Waals surface area contributed by atoms with Crippen LogP contribution in [0.3, 0.4) is 0 Å². The molecule has 1 aliphatic rings. The van der Waals surface area contributed by atoms with Crippen LogP contribution in [-0.4, -0.2) is 6.54 Å². The highest BCUT2D eigenvalue weighted by atomic mass is 16.3. The van der Waals surface area contributed by atoms with E-state index in [4.69, 9.17) is 4.42 Å². The van der Waals surface area contributed by atoms with Crippen molar-refractivity contribution in [3.05, 3.63) is 23.7 Å². The van der Waals surface area contributed by atoms with Crippen LogP contribution in [0.2, 0.25) is 0 Å². The van der Waals surface area contributed by atoms with Gasteiger partial charge in [-0.2, -0.15) is 0 Å². The van der Waals surface area contributed by atoms with E-state index in [1.165, 1.54) is 12.2 Å². The lowest BCUT2D eigenvalue weighted by atomic mass is 9.98. The monoisotopic (exact) mass is 235 g/mol. The summed E-state index contributed by atoms with van der Waals surface area (Å²) in [6.07, 6.45) is 1.30. The van der Waals surface area contributed by atoms with E-state index in [1.807, 2.05) is 0 Å². The SMILES string of the molecule is CC(C)C(C)CNCc1ccc(C2CC2C)o1. The summed E-state index contributed by atoms with van der Waals surface area (Å²) < 4.78 is 5.86. The van der Waals surface area contributed by atoms with E-state index in [-0.39, 0.29) is 0 Å². The van der Waals surface area contributed by atoms with Crippen LogP contribution >= 0.6 is 0 Å². The smallest absolute Gasteiger partial charge is 0.117 e. The van der Waals surface area contributed by atoms with E-state index >= 15 is 0 Å². The molecule has 2 rings (SSSR count). The average Bonchev–Trinajstić information content (AvgIpc) is 2.83. The van der Waals surface area contributed by atoms with Crippen molar-refractivity contribution in [1.29, 1.82) is 0 Å². The molecule has 0 radical (unpaired) electrons. The van der Waals surface area contributed by atoms with Gasteiger partial charge in [-0.3, -0.25) is 0 Å². The fourth-order valence-electron chi connectivity index (χ4n) is 2.07. The molecule has 1 heterocycles. The molecule has 3 atom stereocenters. The predicted octanol–water partition coefficient (Wildman–Crippen LogP) is 3.78. The molecule has 2 heteroatoms. The Morgan fingerprint density at radius 1 is 1.35 bits per heavy atom. The van der Waals surface area contributed by atoms with E-state index < -0.39 is 0 Å². The largest absolute Gasteiger partial charge is 0.464 e. The highest BCUT2D eigenvalue weighted by Crippen LogP contribution is 2.47. The Bertz CT molecular complexity index is 356. The van der Waals surface area contributed by atoms with Crippen LogP contribution < -0.4 is 5.32 Å². The normalized spacial score (nSPS) is 25.2. The zero-order valence-corrected chi connectivity index (χ0v) is 11.5. The van der Waals surface area contributed by atoms with Crippen molar-refractivity contribution in [2.45, 2.75) is 46.6 Å². The van der Waals surface area contributed by atoms with E-state index in [0.29, 0.717) is 11.8 Å². The van der Waals surface area contributed by atoms with Gasteiger partial charge in [0.2, 0.25) is 0 Å². The molecule has 96 valence electrons. The van der Waals surface area contributed by atoms with Gasteiger partial charge in [-0.15, -0.1) is 0 Å². The minimum Gasteiger partial charge on any atom is -0.464 e. The van der Waals surface area contributed by atoms with Gasteiger partial charge < -0.3 is 9.73 Å². The third-order valence-electron chi connectivity index (χ3n) is 4.06. The molecule has 0 aliphatic heterocycles. The second-order valence-electron chi connectivity index (χ2n) is 5.98. The molecule has 3 unspecified atom stereocenters. The molecule has 1 saturated carbocycles. The van der Waals surface area contributed by atoms with Crippen LogP contribution in [0.25, 0.3) is 0 Å². The average molecular weight is 235 g/mol. The van der Waals surface area contributed by atoms with E-state index in [2.05, 4.69) is 45.1 Å². The molecule has 1 aromatic heterocycles. The maximum absolute atomic E-state index is 5.86. The van der Waals surface area contributed by atoms with Gasteiger partial charge in [-0.05, 0) is 42.9 Å². The van der Waals surface area contributed by atoms with Crippen molar-refractivity contribution < 1.29 is 4.42 Å². The molecule has 0 aromatic carbocycles. The maximum Gasteiger partial charge on any atom is 0.117 e. The highest BCUT2D eigenvalue weighted by molar-refractivity contribution is 5.17. The molecule has 0 amide bonds. The lowest BCUT2D eigenvalue weighted by molar-refractivity contribution is 0.376. The van der Waals surface area contributed by atoms with E-state index in [9.17, 15) is 0 Å². The molecule has 0 bridgehead atoms. The van der Waals surface area contributed by atoms with Crippen LogP contribution in [0.4, 0.5) is 0 Å². The third kappa shape index (κ3) is 3.35. The first-order chi connectivity index (χ1) is 8.08. The molecule has 1 aliphatic carbocycles. The number of furan rings is 1. The lowest BCUT2D eigenvalue weighted by Gasteiger charge is -2.15. The Balaban J connectivity index is 1.74. The molecule has 1 fully saturated rings. The van der Waals surface area contributed by atoms with Crippen LogP contribution in [-0.2, 0) is 6.54 Å². The predicted molar refractivity (Wildman–Crippen MR) is 70.9 cm³/mol. The number of hydrogen-bond donors (Lipinski definition) is 1. The van der Waals surface area contributed by atoms with Gasteiger partial charge in [0, 0.05) is 5.92 Å². The fourth-order valence-corrected chi connectivity index (χ4v) is 2.07. The first-order valence-corrected chi connectivity index (χ1v) is 6.87. The number of nitrogens with one attached hydrogen (secondary N) is 1. The standard InChI is InChI=1S/C15H25NO/c1-10(2)12(4)8-16-9-13-5-6-15(17-13)14-7-11(14)3/h5-6,10-12,14,16H,7-9H2,1-4H3. The minimum atomic E-state index is 0.693. The zero-order valence-electron chi connectivity index (χ0n) is 11.5. The number of hydrogen-bond acceptors (Lipinski definition) is 2. The van der Waals surface area contributed by atoms with Crippen molar-refractivity contribution in [3.8, 4) is 0 Å². The maximum atomic E-state index is 5.86. The van der Waals surface area contributed by atoms with Crippen molar-refractivity contribution >= 4 is 0 Å². The van der Waals surface area contributed by atoms with Crippen molar-refractivity contribution in [2.24, 2.45) is 17.8 Å². The Morgan fingerprint density at radius 2 is 2.06 bits per heavy atom. The van der Waals surface area contributed by atoms with Gasteiger partial charge in [-0.1, -0.05) is 27.7 Å². The molecule has 1 aromatic rings. The summed E-state index contributed by atoms with van der Waals surface area (Å²) in [5.41, 5.74) is 0. The Labute approximate surface area is 105 Å². The minimum absolute atomic E-state index is 0.693. The Hall–Kier alpha value is -0.760. The lowest BCUT2D eigenvalue weighted by Crippen LogP contribution is -2.23. The van der Waals surface area contributed by atoms with E-state index in [0.717, 1.165) is 30.7 Å². The quantitative estimate of drug-likeness (QED) is 0.811. The molecule has 1 N–H and O–H groups in total. The van der Waals surface area contributed by atoms with Crippen molar-refractivity contribution in [3.63, 3.8) is 0 Å². The summed E-state index contributed by atoms with van der Waals surface area (Å²) in [5, 5.41) is 3.47. The zero-order chi connectivity index (χ0) is 12.4. The van der Waals surface area contributed by atoms with Crippen LogP contribution in [0.5, 0.6) is 0 Å². The van der Waals surface area contributed by atoms with Gasteiger partial charge in [0.05, 0.1) is 6.54 Å². The molecule has 2 nitrogen and oxygen atoms in total. The summed E-state index contributed by atoms with van der Waals surface area (Å²) in [6.45, 7) is 11.0. The molecule has 0 saturated heterocycles. The van der Waals surface area contributed by atoms with Gasteiger partial charge in [0.1, 0.15) is 11.5 Å². The summed E-state index contributed by atoms with van der Waals surface area (Å²) in [4.78, 5) is 0. The molecular weight excluding hydrogens is 210 g/mol. The molecular formula is C15H25NO. The topological polar surface area (TPSA) is 25.2 Å². The van der Waals surface area contributed by atoms with E-state index in [1.54, 1.807) is 0 Å². The number of rotatable bonds is 6. The second kappa shape index (κ2) is 5.26. The summed E-state index contributed by atoms with van der Waals surface area (Å²) in [7, 11) is 0. The first kappa shape index (κ1) is 12.7. The molecule has 0 spiro atoms. The highest BCUT2D eigenvalue weighted by Gasteiger charge is 2.36. The van der Waals surface area contributed by atoms with Gasteiger partial charge in [-0.25, -0.2) is 0 Å². The summed E-state index contributed by atoms with van der Waals surface area (Å²) >= 11 is 0. The van der Waals surface area contributed by atoms with Crippen molar-refractivity contribution in [1.82, 2.24) is 5.32 Å². The van der Waals surface area contributed by atoms with Crippen molar-refractivity contribution in [2.75, 3.05) is 6.54 Å². The molecule has 17 heavy (non-hydrogen) atoms.